The SMILES string of the molecule is CCOC(=O)C1(CCC#N)CC=C(c2ccc(Cl)nc2OC)CC1. The number of pyridine rings is 1. The maximum atomic E-state index is 12.4. The van der Waals surface area contributed by atoms with E-state index in [-0.39, 0.29) is 5.97 Å². The van der Waals surface area contributed by atoms with Crippen LogP contribution in [0.25, 0.3) is 5.57 Å². The van der Waals surface area contributed by atoms with Crippen molar-refractivity contribution in [3.63, 3.8) is 0 Å². The highest BCUT2D eigenvalue weighted by Crippen LogP contribution is 2.44. The highest BCUT2D eigenvalue weighted by Gasteiger charge is 2.40. The second-order valence-electron chi connectivity index (χ2n) is 5.78. The molecule has 0 radical (unpaired) electrons. The molecular formula is C18H21ClN2O3. The van der Waals surface area contributed by atoms with E-state index < -0.39 is 5.41 Å². The minimum absolute atomic E-state index is 0.211. The van der Waals surface area contributed by atoms with Crippen LogP contribution in [0.5, 0.6) is 5.88 Å². The first-order valence-electron chi connectivity index (χ1n) is 8.00. The number of nitriles is 1. The van der Waals surface area contributed by atoms with Gasteiger partial charge in [0.05, 0.1) is 25.2 Å². The van der Waals surface area contributed by atoms with E-state index in [0.717, 1.165) is 11.1 Å². The lowest BCUT2D eigenvalue weighted by molar-refractivity contribution is -0.156. The van der Waals surface area contributed by atoms with E-state index in [4.69, 9.17) is 26.3 Å². The number of carbonyl (C=O) groups excluding carboxylic acids is 1. The lowest BCUT2D eigenvalue weighted by atomic mass is 9.71. The molecule has 0 N–H and O–H groups in total. The molecule has 0 amide bonds. The number of nitrogens with zero attached hydrogens (tertiary/aromatic N) is 2. The molecule has 0 aromatic carbocycles. The van der Waals surface area contributed by atoms with E-state index >= 15 is 0 Å². The minimum atomic E-state index is -0.609. The molecule has 1 unspecified atom stereocenters. The van der Waals surface area contributed by atoms with Crippen molar-refractivity contribution in [3.05, 3.63) is 28.9 Å². The van der Waals surface area contributed by atoms with Crippen LogP contribution in [-0.2, 0) is 9.53 Å². The van der Waals surface area contributed by atoms with Gasteiger partial charge in [0.2, 0.25) is 5.88 Å². The van der Waals surface area contributed by atoms with Crippen LogP contribution < -0.4 is 4.74 Å². The molecule has 0 bridgehead atoms. The van der Waals surface area contributed by atoms with Crippen molar-refractivity contribution in [3.8, 4) is 11.9 Å². The third-order valence-corrected chi connectivity index (χ3v) is 4.61. The van der Waals surface area contributed by atoms with Crippen LogP contribution in [0.4, 0.5) is 0 Å². The summed E-state index contributed by atoms with van der Waals surface area (Å²) in [6, 6.07) is 5.74. The molecule has 0 fully saturated rings. The zero-order valence-electron chi connectivity index (χ0n) is 14.0. The Morgan fingerprint density at radius 3 is 2.88 bits per heavy atom. The molecule has 0 saturated carbocycles. The van der Waals surface area contributed by atoms with Gasteiger partial charge in [-0.2, -0.15) is 5.26 Å². The fourth-order valence-corrected chi connectivity index (χ4v) is 3.19. The van der Waals surface area contributed by atoms with E-state index in [0.29, 0.717) is 49.7 Å². The van der Waals surface area contributed by atoms with Crippen molar-refractivity contribution in [1.82, 2.24) is 4.98 Å². The Balaban J connectivity index is 2.27. The number of halogens is 1. The number of methoxy groups -OCH3 is 1. The number of carbonyl (C=O) groups is 1. The average molecular weight is 349 g/mol. The zero-order valence-corrected chi connectivity index (χ0v) is 14.7. The van der Waals surface area contributed by atoms with Crippen LogP contribution in [0.1, 0.15) is 44.6 Å². The number of hydrogen-bond donors (Lipinski definition) is 0. The smallest absolute Gasteiger partial charge is 0.312 e. The summed E-state index contributed by atoms with van der Waals surface area (Å²) in [5.74, 6) is 0.270. The normalized spacial score (nSPS) is 20.0. The van der Waals surface area contributed by atoms with E-state index in [2.05, 4.69) is 11.1 Å². The number of ether oxygens (including phenoxy) is 2. The predicted molar refractivity (Wildman–Crippen MR) is 91.5 cm³/mol. The van der Waals surface area contributed by atoms with Crippen LogP contribution in [0.2, 0.25) is 5.15 Å². The third kappa shape index (κ3) is 3.88. The minimum Gasteiger partial charge on any atom is -0.481 e. The predicted octanol–water partition coefficient (Wildman–Crippen LogP) is 4.16. The summed E-state index contributed by atoms with van der Waals surface area (Å²) in [7, 11) is 1.56. The van der Waals surface area contributed by atoms with Crippen molar-refractivity contribution >= 4 is 23.1 Å². The van der Waals surface area contributed by atoms with Gasteiger partial charge in [-0.05, 0) is 50.3 Å². The molecule has 1 atom stereocenters. The van der Waals surface area contributed by atoms with Crippen LogP contribution in [0.3, 0.4) is 0 Å². The maximum Gasteiger partial charge on any atom is 0.312 e. The Morgan fingerprint density at radius 2 is 2.29 bits per heavy atom. The fraction of sp³-hybridized carbons (Fsp3) is 0.500. The van der Waals surface area contributed by atoms with Crippen molar-refractivity contribution in [2.45, 2.75) is 39.0 Å². The molecule has 6 heteroatoms. The summed E-state index contributed by atoms with van der Waals surface area (Å²) in [6.07, 6.45) is 4.78. The number of esters is 1. The maximum absolute atomic E-state index is 12.4. The highest BCUT2D eigenvalue weighted by atomic mass is 35.5. The van der Waals surface area contributed by atoms with Gasteiger partial charge in [0.25, 0.3) is 0 Å². The largest absolute Gasteiger partial charge is 0.481 e. The molecule has 0 spiro atoms. The molecule has 5 nitrogen and oxygen atoms in total. The molecular weight excluding hydrogens is 328 g/mol. The van der Waals surface area contributed by atoms with Crippen LogP contribution in [0.15, 0.2) is 18.2 Å². The van der Waals surface area contributed by atoms with Crippen molar-refractivity contribution < 1.29 is 14.3 Å². The van der Waals surface area contributed by atoms with Gasteiger partial charge in [-0.3, -0.25) is 4.79 Å². The first-order chi connectivity index (χ1) is 11.6. The second kappa shape index (κ2) is 8.16. The number of allylic oxidation sites excluding steroid dienone is 2. The third-order valence-electron chi connectivity index (χ3n) is 4.40. The van der Waals surface area contributed by atoms with E-state index in [1.165, 1.54) is 0 Å². The van der Waals surface area contributed by atoms with Gasteiger partial charge in [-0.15, -0.1) is 0 Å². The molecule has 1 aromatic rings. The van der Waals surface area contributed by atoms with Gasteiger partial charge in [0.15, 0.2) is 0 Å². The van der Waals surface area contributed by atoms with Gasteiger partial charge in [0.1, 0.15) is 5.15 Å². The van der Waals surface area contributed by atoms with Gasteiger partial charge in [0, 0.05) is 12.0 Å². The molecule has 1 aliphatic rings. The molecule has 1 aliphatic carbocycles. The fourth-order valence-electron chi connectivity index (χ4n) is 3.05. The van der Waals surface area contributed by atoms with E-state index in [1.54, 1.807) is 20.1 Å². The average Bonchev–Trinajstić information content (AvgIpc) is 2.60. The monoisotopic (exact) mass is 348 g/mol. The standard InChI is InChI=1S/C18H21ClN2O3/c1-3-24-17(22)18(9-4-12-20)10-7-13(8-11-18)14-5-6-15(19)21-16(14)23-2/h5-7H,3-4,8-11H2,1-2H3. The van der Waals surface area contributed by atoms with Crippen molar-refractivity contribution in [2.75, 3.05) is 13.7 Å². The lowest BCUT2D eigenvalue weighted by Gasteiger charge is -2.33. The Morgan fingerprint density at radius 1 is 1.50 bits per heavy atom. The summed E-state index contributed by atoms with van der Waals surface area (Å²) in [6.45, 7) is 2.14. The molecule has 0 saturated heterocycles. The Labute approximate surface area is 147 Å². The van der Waals surface area contributed by atoms with Crippen LogP contribution >= 0.6 is 11.6 Å². The molecule has 1 heterocycles. The molecule has 24 heavy (non-hydrogen) atoms. The number of hydrogen-bond acceptors (Lipinski definition) is 5. The van der Waals surface area contributed by atoms with Gasteiger partial charge in [-0.25, -0.2) is 4.98 Å². The Hall–Kier alpha value is -2.06. The summed E-state index contributed by atoms with van der Waals surface area (Å²) < 4.78 is 10.6. The van der Waals surface area contributed by atoms with Gasteiger partial charge < -0.3 is 9.47 Å². The molecule has 2 rings (SSSR count). The second-order valence-corrected chi connectivity index (χ2v) is 6.17. The van der Waals surface area contributed by atoms with Crippen molar-refractivity contribution in [2.24, 2.45) is 5.41 Å². The first kappa shape index (κ1) is 18.3. The summed E-state index contributed by atoms with van der Waals surface area (Å²) >= 11 is 5.91. The number of aromatic nitrogens is 1. The molecule has 128 valence electrons. The van der Waals surface area contributed by atoms with Crippen LogP contribution in [-0.4, -0.2) is 24.7 Å². The zero-order chi connectivity index (χ0) is 17.6. The van der Waals surface area contributed by atoms with Crippen LogP contribution in [0, 0.1) is 16.7 Å². The molecule has 0 aliphatic heterocycles. The quantitative estimate of drug-likeness (QED) is 0.570. The Kier molecular flexibility index (Phi) is 6.22. The van der Waals surface area contributed by atoms with Gasteiger partial charge in [-0.1, -0.05) is 17.7 Å². The molecule has 1 aromatic heterocycles. The van der Waals surface area contributed by atoms with Crippen molar-refractivity contribution in [1.29, 1.82) is 5.26 Å². The van der Waals surface area contributed by atoms with Gasteiger partial charge >= 0.3 is 5.97 Å². The Bertz CT molecular complexity index is 681. The summed E-state index contributed by atoms with van der Waals surface area (Å²) in [5.41, 5.74) is 1.36. The summed E-state index contributed by atoms with van der Waals surface area (Å²) in [4.78, 5) is 16.6. The van der Waals surface area contributed by atoms with E-state index in [9.17, 15) is 4.79 Å². The number of rotatable bonds is 6. The first-order valence-corrected chi connectivity index (χ1v) is 8.38. The highest BCUT2D eigenvalue weighted by molar-refractivity contribution is 6.29. The topological polar surface area (TPSA) is 72.2 Å². The lowest BCUT2D eigenvalue weighted by Crippen LogP contribution is -2.34. The van der Waals surface area contributed by atoms with E-state index in [1.807, 2.05) is 12.1 Å². The summed E-state index contributed by atoms with van der Waals surface area (Å²) in [5, 5.41) is 9.27.